The first-order valence-corrected chi connectivity index (χ1v) is 9.04. The predicted octanol–water partition coefficient (Wildman–Crippen LogP) is 2.25. The van der Waals surface area contributed by atoms with Crippen LogP contribution in [0, 0.1) is 16.0 Å². The monoisotopic (exact) mass is 322 g/mol. The van der Waals surface area contributed by atoms with Gasteiger partial charge in [-0.25, -0.2) is 4.98 Å². The molecule has 3 heterocycles. The maximum Gasteiger partial charge on any atom is 0.311 e. The van der Waals surface area contributed by atoms with E-state index in [2.05, 4.69) is 14.8 Å². The van der Waals surface area contributed by atoms with Crippen LogP contribution in [0.2, 0.25) is 0 Å². The summed E-state index contributed by atoms with van der Waals surface area (Å²) in [6.07, 6.45) is 3.83. The van der Waals surface area contributed by atoms with Crippen molar-refractivity contribution >= 4 is 23.3 Å². The molecule has 120 valence electrons. The highest BCUT2D eigenvalue weighted by atomic mass is 32.2. The van der Waals surface area contributed by atoms with Crippen molar-refractivity contribution in [2.75, 3.05) is 49.1 Å². The first-order chi connectivity index (χ1) is 10.7. The maximum atomic E-state index is 11.1. The number of nitrogens with zero attached hydrogens (tertiary/aromatic N) is 4. The van der Waals surface area contributed by atoms with Gasteiger partial charge in [-0.1, -0.05) is 0 Å². The van der Waals surface area contributed by atoms with Gasteiger partial charge in [0, 0.05) is 56.5 Å². The number of pyridine rings is 1. The fourth-order valence-corrected chi connectivity index (χ4v) is 4.23. The number of hydrogen-bond donors (Lipinski definition) is 0. The summed E-state index contributed by atoms with van der Waals surface area (Å²) in [5.41, 5.74) is 0.119. The highest BCUT2D eigenvalue weighted by molar-refractivity contribution is 7.99. The van der Waals surface area contributed by atoms with Crippen molar-refractivity contribution in [1.82, 2.24) is 9.88 Å². The molecular formula is C15H22N4O2S. The van der Waals surface area contributed by atoms with Crippen LogP contribution in [0.1, 0.15) is 12.8 Å². The Hall–Kier alpha value is -1.34. The van der Waals surface area contributed by atoms with Crippen LogP contribution in [0.15, 0.2) is 18.3 Å². The number of hydrogen-bond acceptors (Lipinski definition) is 6. The van der Waals surface area contributed by atoms with Gasteiger partial charge in [0.05, 0.1) is 4.92 Å². The molecule has 0 amide bonds. The second-order valence-electron chi connectivity index (χ2n) is 5.95. The minimum atomic E-state index is -0.334. The number of nitro groups is 1. The molecule has 2 saturated heterocycles. The van der Waals surface area contributed by atoms with E-state index in [0.717, 1.165) is 25.9 Å². The SMILES string of the molecule is O=[N+]([O-])c1cccnc1N1CCC(CN2CCSCC2)CC1. The summed E-state index contributed by atoms with van der Waals surface area (Å²) in [6.45, 7) is 5.32. The Balaban J connectivity index is 1.56. The number of anilines is 1. The molecule has 0 radical (unpaired) electrons. The second kappa shape index (κ2) is 7.28. The maximum absolute atomic E-state index is 11.1. The van der Waals surface area contributed by atoms with Gasteiger partial charge in [-0.05, 0) is 24.8 Å². The Labute approximate surface area is 135 Å². The molecule has 2 fully saturated rings. The van der Waals surface area contributed by atoms with Gasteiger partial charge in [0.2, 0.25) is 5.82 Å². The summed E-state index contributed by atoms with van der Waals surface area (Å²) in [4.78, 5) is 19.7. The zero-order valence-corrected chi connectivity index (χ0v) is 13.5. The molecule has 0 N–H and O–H groups in total. The summed E-state index contributed by atoms with van der Waals surface area (Å²) in [6, 6.07) is 3.17. The zero-order chi connectivity index (χ0) is 15.4. The number of thioether (sulfide) groups is 1. The lowest BCUT2D eigenvalue weighted by Gasteiger charge is -2.36. The van der Waals surface area contributed by atoms with Crippen molar-refractivity contribution < 1.29 is 4.92 Å². The largest absolute Gasteiger partial charge is 0.351 e. The normalized spacial score (nSPS) is 21.0. The third-order valence-electron chi connectivity index (χ3n) is 4.50. The molecule has 0 atom stereocenters. The molecule has 1 aromatic heterocycles. The Kier molecular flexibility index (Phi) is 5.15. The molecule has 7 heteroatoms. The van der Waals surface area contributed by atoms with E-state index in [4.69, 9.17) is 0 Å². The lowest BCUT2D eigenvalue weighted by atomic mass is 9.96. The Bertz CT molecular complexity index is 514. The smallest absolute Gasteiger partial charge is 0.311 e. The predicted molar refractivity (Wildman–Crippen MR) is 89.6 cm³/mol. The van der Waals surface area contributed by atoms with Gasteiger partial charge in [0.1, 0.15) is 0 Å². The van der Waals surface area contributed by atoms with Crippen LogP contribution >= 0.6 is 11.8 Å². The molecule has 22 heavy (non-hydrogen) atoms. The molecule has 1 aromatic rings. The van der Waals surface area contributed by atoms with E-state index < -0.39 is 0 Å². The van der Waals surface area contributed by atoms with Crippen LogP contribution in [0.25, 0.3) is 0 Å². The summed E-state index contributed by atoms with van der Waals surface area (Å²) in [7, 11) is 0. The van der Waals surface area contributed by atoms with Gasteiger partial charge in [0.15, 0.2) is 0 Å². The van der Waals surface area contributed by atoms with Gasteiger partial charge in [-0.2, -0.15) is 11.8 Å². The van der Waals surface area contributed by atoms with E-state index in [9.17, 15) is 10.1 Å². The Morgan fingerprint density at radius 3 is 2.68 bits per heavy atom. The summed E-state index contributed by atoms with van der Waals surface area (Å²) in [5.74, 6) is 3.74. The molecule has 2 aliphatic heterocycles. The molecule has 2 aliphatic rings. The van der Waals surface area contributed by atoms with Crippen LogP contribution in [0.3, 0.4) is 0 Å². The van der Waals surface area contributed by atoms with Gasteiger partial charge in [0.25, 0.3) is 0 Å². The van der Waals surface area contributed by atoms with Crippen molar-refractivity contribution in [3.8, 4) is 0 Å². The fraction of sp³-hybridized carbons (Fsp3) is 0.667. The van der Waals surface area contributed by atoms with E-state index in [-0.39, 0.29) is 10.6 Å². The van der Waals surface area contributed by atoms with Crippen molar-refractivity contribution in [1.29, 1.82) is 0 Å². The van der Waals surface area contributed by atoms with E-state index in [0.29, 0.717) is 11.7 Å². The molecule has 0 bridgehead atoms. The summed E-state index contributed by atoms with van der Waals surface area (Å²) >= 11 is 2.04. The van der Waals surface area contributed by atoms with E-state index in [1.165, 1.54) is 31.1 Å². The Morgan fingerprint density at radius 1 is 1.27 bits per heavy atom. The topological polar surface area (TPSA) is 62.5 Å². The molecule has 0 spiro atoms. The van der Waals surface area contributed by atoms with Crippen molar-refractivity contribution in [2.45, 2.75) is 12.8 Å². The lowest BCUT2D eigenvalue weighted by Crippen LogP contribution is -2.41. The Morgan fingerprint density at radius 2 is 2.00 bits per heavy atom. The average molecular weight is 322 g/mol. The lowest BCUT2D eigenvalue weighted by molar-refractivity contribution is -0.384. The zero-order valence-electron chi connectivity index (χ0n) is 12.7. The van der Waals surface area contributed by atoms with E-state index in [1.54, 1.807) is 18.3 Å². The van der Waals surface area contributed by atoms with E-state index in [1.807, 2.05) is 11.8 Å². The van der Waals surface area contributed by atoms with Crippen molar-refractivity contribution in [2.24, 2.45) is 5.92 Å². The molecule has 0 unspecified atom stereocenters. The minimum absolute atomic E-state index is 0.119. The highest BCUT2D eigenvalue weighted by Gasteiger charge is 2.26. The summed E-state index contributed by atoms with van der Waals surface area (Å²) in [5, 5.41) is 11.1. The molecule has 0 aliphatic carbocycles. The van der Waals surface area contributed by atoms with Crippen molar-refractivity contribution in [3.63, 3.8) is 0 Å². The molecule has 6 nitrogen and oxygen atoms in total. The van der Waals surface area contributed by atoms with E-state index >= 15 is 0 Å². The molecular weight excluding hydrogens is 300 g/mol. The average Bonchev–Trinajstić information content (AvgIpc) is 2.56. The molecule has 0 saturated carbocycles. The molecule has 3 rings (SSSR count). The van der Waals surface area contributed by atoms with Gasteiger partial charge < -0.3 is 9.80 Å². The van der Waals surface area contributed by atoms with Gasteiger partial charge in [-0.15, -0.1) is 0 Å². The van der Waals surface area contributed by atoms with Crippen LogP contribution in [0.5, 0.6) is 0 Å². The van der Waals surface area contributed by atoms with Gasteiger partial charge in [-0.3, -0.25) is 10.1 Å². The standard InChI is InChI=1S/C15H22N4O2S/c20-19(21)14-2-1-5-16-15(14)18-6-3-13(4-7-18)12-17-8-10-22-11-9-17/h1-2,5,13H,3-4,6-12H2. The molecule has 0 aromatic carbocycles. The fourth-order valence-electron chi connectivity index (χ4n) is 3.25. The quantitative estimate of drug-likeness (QED) is 0.626. The number of piperidine rings is 1. The summed E-state index contributed by atoms with van der Waals surface area (Å²) < 4.78 is 0. The third kappa shape index (κ3) is 3.70. The first-order valence-electron chi connectivity index (χ1n) is 7.88. The van der Waals surface area contributed by atoms with Crippen LogP contribution < -0.4 is 4.90 Å². The highest BCUT2D eigenvalue weighted by Crippen LogP contribution is 2.29. The number of rotatable bonds is 4. The second-order valence-corrected chi connectivity index (χ2v) is 7.17. The van der Waals surface area contributed by atoms with Gasteiger partial charge >= 0.3 is 5.69 Å². The third-order valence-corrected chi connectivity index (χ3v) is 5.44. The van der Waals surface area contributed by atoms with Crippen LogP contribution in [-0.2, 0) is 0 Å². The van der Waals surface area contributed by atoms with Crippen LogP contribution in [0.4, 0.5) is 11.5 Å². The minimum Gasteiger partial charge on any atom is -0.351 e. The first kappa shape index (κ1) is 15.6. The van der Waals surface area contributed by atoms with Crippen molar-refractivity contribution in [3.05, 3.63) is 28.4 Å². The number of aromatic nitrogens is 1. The van der Waals surface area contributed by atoms with Crippen LogP contribution in [-0.4, -0.2) is 59.0 Å².